The molecule has 0 aliphatic carbocycles. The Labute approximate surface area is 143 Å². The van der Waals surface area contributed by atoms with Crippen LogP contribution in [0.2, 0.25) is 0 Å². The first-order valence-corrected chi connectivity index (χ1v) is 9.27. The number of benzene rings is 1. The lowest BCUT2D eigenvalue weighted by molar-refractivity contribution is -0.131. The van der Waals surface area contributed by atoms with Gasteiger partial charge in [0.25, 0.3) is 0 Å². The molecule has 0 bridgehead atoms. The Hall–Kier alpha value is -1.31. The zero-order valence-corrected chi connectivity index (χ0v) is 14.8. The molecule has 0 radical (unpaired) electrons. The second-order valence-corrected chi connectivity index (χ2v) is 7.34. The molecule has 0 saturated carbocycles. The van der Waals surface area contributed by atoms with Gasteiger partial charge in [-0.15, -0.1) is 12.4 Å². The second kappa shape index (κ2) is 9.10. The number of amides is 1. The van der Waals surface area contributed by atoms with Gasteiger partial charge in [-0.1, -0.05) is 0 Å². The summed E-state index contributed by atoms with van der Waals surface area (Å²) in [5, 5.41) is 3.26. The van der Waals surface area contributed by atoms with E-state index in [0.717, 1.165) is 38.9 Å². The largest absolute Gasteiger partial charge is 0.493 e. The minimum atomic E-state index is -3.19. The highest BCUT2D eigenvalue weighted by Crippen LogP contribution is 2.16. The van der Waals surface area contributed by atoms with E-state index in [2.05, 4.69) is 5.32 Å². The molecule has 1 aromatic rings. The number of carbonyl (C=O) groups excluding carboxylic acids is 1. The average Bonchev–Trinajstić information content (AvgIpc) is 2.76. The SMILES string of the molecule is CS(=O)(=O)c1ccc(OCCC(=O)N2CCCNCC2)cc1.Cl. The first kappa shape index (κ1) is 19.7. The molecule has 1 aliphatic rings. The lowest BCUT2D eigenvalue weighted by Gasteiger charge is -2.19. The molecule has 1 aliphatic heterocycles. The molecule has 1 saturated heterocycles. The maximum atomic E-state index is 12.1. The van der Waals surface area contributed by atoms with Gasteiger partial charge < -0.3 is 15.0 Å². The lowest BCUT2D eigenvalue weighted by atomic mass is 10.3. The molecule has 0 aromatic heterocycles. The Balaban J connectivity index is 0.00000264. The quantitative estimate of drug-likeness (QED) is 0.849. The van der Waals surface area contributed by atoms with Crippen molar-refractivity contribution in [1.82, 2.24) is 10.2 Å². The normalized spacial score (nSPS) is 15.4. The number of halogens is 1. The number of rotatable bonds is 5. The van der Waals surface area contributed by atoms with Crippen LogP contribution in [0.4, 0.5) is 0 Å². The minimum absolute atomic E-state index is 0. The maximum Gasteiger partial charge on any atom is 0.226 e. The minimum Gasteiger partial charge on any atom is -0.493 e. The Bertz CT molecular complexity index is 596. The van der Waals surface area contributed by atoms with E-state index >= 15 is 0 Å². The zero-order valence-electron chi connectivity index (χ0n) is 13.2. The molecule has 2 rings (SSSR count). The van der Waals surface area contributed by atoms with Crippen molar-refractivity contribution in [3.05, 3.63) is 24.3 Å². The molecule has 1 N–H and O–H groups in total. The molecule has 0 atom stereocenters. The van der Waals surface area contributed by atoms with Gasteiger partial charge in [0, 0.05) is 25.9 Å². The fourth-order valence-electron chi connectivity index (χ4n) is 2.29. The monoisotopic (exact) mass is 362 g/mol. The Morgan fingerprint density at radius 2 is 1.91 bits per heavy atom. The van der Waals surface area contributed by atoms with Gasteiger partial charge in [-0.05, 0) is 37.2 Å². The summed E-state index contributed by atoms with van der Waals surface area (Å²) in [6.07, 6.45) is 2.46. The number of hydrogen-bond donors (Lipinski definition) is 1. The number of sulfone groups is 1. The van der Waals surface area contributed by atoms with Crippen LogP contribution in [0.1, 0.15) is 12.8 Å². The van der Waals surface area contributed by atoms with E-state index in [0.29, 0.717) is 18.8 Å². The predicted molar refractivity (Wildman–Crippen MR) is 91.0 cm³/mol. The Morgan fingerprint density at radius 3 is 2.57 bits per heavy atom. The molecule has 1 aromatic carbocycles. The highest BCUT2D eigenvalue weighted by Gasteiger charge is 2.15. The molecule has 1 fully saturated rings. The van der Waals surface area contributed by atoms with Crippen molar-refractivity contribution in [3.8, 4) is 5.75 Å². The Kier molecular flexibility index (Phi) is 7.81. The summed E-state index contributed by atoms with van der Waals surface area (Å²) in [6, 6.07) is 6.23. The molecule has 130 valence electrons. The predicted octanol–water partition coefficient (Wildman–Crippen LogP) is 1.10. The van der Waals surface area contributed by atoms with Crippen molar-refractivity contribution in [2.24, 2.45) is 0 Å². The second-order valence-electron chi connectivity index (χ2n) is 5.33. The topological polar surface area (TPSA) is 75.7 Å². The van der Waals surface area contributed by atoms with E-state index in [1.54, 1.807) is 12.1 Å². The van der Waals surface area contributed by atoms with Crippen LogP contribution >= 0.6 is 12.4 Å². The van der Waals surface area contributed by atoms with E-state index in [1.807, 2.05) is 4.90 Å². The first-order valence-electron chi connectivity index (χ1n) is 7.38. The smallest absolute Gasteiger partial charge is 0.226 e. The summed E-state index contributed by atoms with van der Waals surface area (Å²) in [6.45, 7) is 3.60. The lowest BCUT2D eigenvalue weighted by Crippen LogP contribution is -2.34. The van der Waals surface area contributed by atoms with Crippen molar-refractivity contribution in [1.29, 1.82) is 0 Å². The van der Waals surface area contributed by atoms with E-state index in [9.17, 15) is 13.2 Å². The molecule has 0 unspecified atom stereocenters. The van der Waals surface area contributed by atoms with Crippen molar-refractivity contribution in [2.45, 2.75) is 17.7 Å². The summed E-state index contributed by atoms with van der Waals surface area (Å²) < 4.78 is 28.2. The summed E-state index contributed by atoms with van der Waals surface area (Å²) in [5.41, 5.74) is 0. The number of carbonyl (C=O) groups is 1. The van der Waals surface area contributed by atoms with Crippen molar-refractivity contribution in [3.63, 3.8) is 0 Å². The highest BCUT2D eigenvalue weighted by molar-refractivity contribution is 7.90. The summed E-state index contributed by atoms with van der Waals surface area (Å²) in [5.74, 6) is 0.661. The van der Waals surface area contributed by atoms with E-state index in [1.165, 1.54) is 12.1 Å². The van der Waals surface area contributed by atoms with E-state index in [-0.39, 0.29) is 23.2 Å². The summed E-state index contributed by atoms with van der Waals surface area (Å²) in [4.78, 5) is 14.2. The third-order valence-electron chi connectivity index (χ3n) is 3.53. The van der Waals surface area contributed by atoms with Crippen molar-refractivity contribution < 1.29 is 17.9 Å². The fraction of sp³-hybridized carbons (Fsp3) is 0.533. The molecule has 1 heterocycles. The number of ether oxygens (including phenoxy) is 1. The van der Waals surface area contributed by atoms with Gasteiger partial charge in [-0.2, -0.15) is 0 Å². The van der Waals surface area contributed by atoms with Gasteiger partial charge in [-0.25, -0.2) is 8.42 Å². The zero-order chi connectivity index (χ0) is 16.0. The van der Waals surface area contributed by atoms with Gasteiger partial charge in [0.2, 0.25) is 5.91 Å². The summed E-state index contributed by atoms with van der Waals surface area (Å²) in [7, 11) is -3.19. The van der Waals surface area contributed by atoms with Crippen LogP contribution in [-0.4, -0.2) is 58.3 Å². The standard InChI is InChI=1S/C15H22N2O4S.ClH/c1-22(19,20)14-5-3-13(4-6-14)21-12-7-15(18)17-10-2-8-16-9-11-17;/h3-6,16H,2,7-12H2,1H3;1H. The average molecular weight is 363 g/mol. The van der Waals surface area contributed by atoms with Crippen molar-refractivity contribution >= 4 is 28.2 Å². The molecule has 0 spiro atoms. The molecule has 1 amide bonds. The van der Waals surface area contributed by atoms with Crippen LogP contribution < -0.4 is 10.1 Å². The fourth-order valence-corrected chi connectivity index (χ4v) is 2.92. The summed E-state index contributed by atoms with van der Waals surface area (Å²) >= 11 is 0. The maximum absolute atomic E-state index is 12.1. The molecule has 6 nitrogen and oxygen atoms in total. The van der Waals surface area contributed by atoms with Gasteiger partial charge in [0.05, 0.1) is 17.9 Å². The van der Waals surface area contributed by atoms with Crippen LogP contribution in [0.15, 0.2) is 29.2 Å². The third-order valence-corrected chi connectivity index (χ3v) is 4.66. The van der Waals surface area contributed by atoms with E-state index in [4.69, 9.17) is 4.74 Å². The van der Waals surface area contributed by atoms with Gasteiger partial charge in [0.1, 0.15) is 5.75 Å². The van der Waals surface area contributed by atoms with Gasteiger partial charge in [0.15, 0.2) is 9.84 Å². The van der Waals surface area contributed by atoms with Crippen molar-refractivity contribution in [2.75, 3.05) is 39.0 Å². The van der Waals surface area contributed by atoms with E-state index < -0.39 is 9.84 Å². The molecular weight excluding hydrogens is 340 g/mol. The van der Waals surface area contributed by atoms with Gasteiger partial charge in [-0.3, -0.25) is 4.79 Å². The van der Waals surface area contributed by atoms with Crippen LogP contribution in [0, 0.1) is 0 Å². The number of nitrogens with one attached hydrogen (secondary N) is 1. The third kappa shape index (κ3) is 6.37. The molecule has 8 heteroatoms. The first-order chi connectivity index (χ1) is 10.5. The van der Waals surface area contributed by atoms with Crippen LogP contribution in [-0.2, 0) is 14.6 Å². The Morgan fingerprint density at radius 1 is 1.22 bits per heavy atom. The molecular formula is C15H23ClN2O4S. The molecule has 23 heavy (non-hydrogen) atoms. The van der Waals surface area contributed by atoms with Crippen LogP contribution in [0.25, 0.3) is 0 Å². The van der Waals surface area contributed by atoms with Crippen LogP contribution in [0.5, 0.6) is 5.75 Å². The number of nitrogens with zero attached hydrogens (tertiary/aromatic N) is 1. The van der Waals surface area contributed by atoms with Gasteiger partial charge >= 0.3 is 0 Å². The highest BCUT2D eigenvalue weighted by atomic mass is 35.5. The number of hydrogen-bond acceptors (Lipinski definition) is 5. The van der Waals surface area contributed by atoms with Crippen LogP contribution in [0.3, 0.4) is 0 Å².